The average molecular weight is 238 g/mol. The summed E-state index contributed by atoms with van der Waals surface area (Å²) in [4.78, 5) is 12.0. The summed E-state index contributed by atoms with van der Waals surface area (Å²) in [5.74, 6) is 0.862. The second-order valence-electron chi connectivity index (χ2n) is 7.13. The number of rotatable bonds is 2. The first-order valence-electron chi connectivity index (χ1n) is 6.97. The third-order valence-electron chi connectivity index (χ3n) is 5.96. The lowest BCUT2D eigenvalue weighted by Crippen LogP contribution is -2.40. The van der Waals surface area contributed by atoms with Crippen LogP contribution in [0.2, 0.25) is 0 Å². The predicted octanol–water partition coefficient (Wildman–Crippen LogP) is 3.79. The summed E-state index contributed by atoms with van der Waals surface area (Å²) in [6.45, 7) is 11.4. The zero-order valence-electron chi connectivity index (χ0n) is 11.9. The van der Waals surface area contributed by atoms with Gasteiger partial charge in [0.2, 0.25) is 0 Å². The lowest BCUT2D eigenvalue weighted by Gasteiger charge is -2.40. The quantitative estimate of drug-likeness (QED) is 0.684. The van der Waals surface area contributed by atoms with E-state index in [9.17, 15) is 4.79 Å². The highest BCUT2D eigenvalue weighted by Crippen LogP contribution is 2.56. The highest BCUT2D eigenvalue weighted by molar-refractivity contribution is 5.73. The standard InChI is InChI=1S/C15H26O2/c1-10-9-12(15(4,5)14(10,2)3)17-13(16)11-7-6-8-11/h10-12H,6-9H2,1-5H3/t10-,12+/m0/s1. The van der Waals surface area contributed by atoms with Crippen molar-refractivity contribution in [2.24, 2.45) is 22.7 Å². The van der Waals surface area contributed by atoms with E-state index in [0.29, 0.717) is 5.92 Å². The summed E-state index contributed by atoms with van der Waals surface area (Å²) in [5.41, 5.74) is 0.309. The maximum Gasteiger partial charge on any atom is 0.309 e. The SMILES string of the molecule is C[C@H]1C[C@@H](OC(=O)C2CCC2)C(C)(C)C1(C)C. The lowest BCUT2D eigenvalue weighted by molar-refractivity contribution is -0.163. The van der Waals surface area contributed by atoms with Gasteiger partial charge in [-0.3, -0.25) is 4.79 Å². The van der Waals surface area contributed by atoms with Crippen LogP contribution in [-0.2, 0) is 9.53 Å². The number of carbonyl (C=O) groups excluding carboxylic acids is 1. The van der Waals surface area contributed by atoms with Crippen molar-refractivity contribution in [1.82, 2.24) is 0 Å². The molecule has 2 aliphatic carbocycles. The molecule has 2 atom stereocenters. The Morgan fingerprint density at radius 1 is 1.12 bits per heavy atom. The Morgan fingerprint density at radius 2 is 1.71 bits per heavy atom. The molecular weight excluding hydrogens is 212 g/mol. The molecule has 2 aliphatic rings. The Balaban J connectivity index is 2.04. The molecule has 0 radical (unpaired) electrons. The molecule has 0 aliphatic heterocycles. The van der Waals surface area contributed by atoms with Crippen molar-refractivity contribution in [3.05, 3.63) is 0 Å². The van der Waals surface area contributed by atoms with Gasteiger partial charge >= 0.3 is 5.97 Å². The molecule has 0 bridgehead atoms. The van der Waals surface area contributed by atoms with Gasteiger partial charge in [0.1, 0.15) is 6.10 Å². The highest BCUT2D eigenvalue weighted by atomic mass is 16.5. The van der Waals surface area contributed by atoms with Crippen LogP contribution in [0.3, 0.4) is 0 Å². The summed E-state index contributed by atoms with van der Waals surface area (Å²) >= 11 is 0. The molecule has 2 fully saturated rings. The third-order valence-corrected chi connectivity index (χ3v) is 5.96. The number of esters is 1. The van der Waals surface area contributed by atoms with Crippen LogP contribution in [0, 0.1) is 22.7 Å². The minimum absolute atomic E-state index is 0.0548. The first kappa shape index (κ1) is 12.9. The molecule has 2 saturated carbocycles. The van der Waals surface area contributed by atoms with Gasteiger partial charge in [0.05, 0.1) is 5.92 Å². The molecule has 0 saturated heterocycles. The molecule has 0 aromatic rings. The van der Waals surface area contributed by atoms with Crippen molar-refractivity contribution in [1.29, 1.82) is 0 Å². The molecule has 2 rings (SSSR count). The van der Waals surface area contributed by atoms with Gasteiger partial charge in [0, 0.05) is 5.41 Å². The zero-order chi connectivity index (χ0) is 12.8. The van der Waals surface area contributed by atoms with E-state index >= 15 is 0 Å². The van der Waals surface area contributed by atoms with Crippen LogP contribution < -0.4 is 0 Å². The van der Waals surface area contributed by atoms with Crippen LogP contribution >= 0.6 is 0 Å². The summed E-state index contributed by atoms with van der Waals surface area (Å²) in [7, 11) is 0. The van der Waals surface area contributed by atoms with Gasteiger partial charge in [-0.2, -0.15) is 0 Å². The minimum Gasteiger partial charge on any atom is -0.462 e. The van der Waals surface area contributed by atoms with Gasteiger partial charge in [-0.1, -0.05) is 41.0 Å². The smallest absolute Gasteiger partial charge is 0.309 e. The summed E-state index contributed by atoms with van der Waals surface area (Å²) in [5, 5.41) is 0. The average Bonchev–Trinajstić information content (AvgIpc) is 2.25. The Kier molecular flexibility index (Phi) is 3.04. The topological polar surface area (TPSA) is 26.3 Å². The molecule has 0 aromatic carbocycles. The van der Waals surface area contributed by atoms with Gasteiger partial charge in [0.25, 0.3) is 0 Å². The van der Waals surface area contributed by atoms with E-state index in [4.69, 9.17) is 4.74 Å². The van der Waals surface area contributed by atoms with Crippen LogP contribution in [0.1, 0.15) is 60.3 Å². The Labute approximate surface area is 105 Å². The monoisotopic (exact) mass is 238 g/mol. The van der Waals surface area contributed by atoms with Crippen LogP contribution in [0.15, 0.2) is 0 Å². The predicted molar refractivity (Wildman–Crippen MR) is 68.6 cm³/mol. The number of ether oxygens (including phenoxy) is 1. The molecular formula is C15H26O2. The number of hydrogen-bond acceptors (Lipinski definition) is 2. The van der Waals surface area contributed by atoms with Gasteiger partial charge < -0.3 is 4.74 Å². The van der Waals surface area contributed by atoms with E-state index in [1.165, 1.54) is 6.42 Å². The Bertz CT molecular complexity index is 313. The van der Waals surface area contributed by atoms with Crippen molar-refractivity contribution < 1.29 is 9.53 Å². The molecule has 0 unspecified atom stereocenters. The van der Waals surface area contributed by atoms with Gasteiger partial charge in [-0.05, 0) is 30.6 Å². The first-order valence-corrected chi connectivity index (χ1v) is 6.97. The van der Waals surface area contributed by atoms with E-state index < -0.39 is 0 Å². The van der Waals surface area contributed by atoms with Crippen molar-refractivity contribution in [2.75, 3.05) is 0 Å². The van der Waals surface area contributed by atoms with Crippen LogP contribution in [0.25, 0.3) is 0 Å². The fourth-order valence-electron chi connectivity index (χ4n) is 3.04. The second-order valence-corrected chi connectivity index (χ2v) is 7.13. The maximum absolute atomic E-state index is 12.0. The minimum atomic E-state index is 0.0548. The highest BCUT2D eigenvalue weighted by Gasteiger charge is 2.54. The first-order chi connectivity index (χ1) is 7.76. The Hall–Kier alpha value is -0.530. The van der Waals surface area contributed by atoms with E-state index in [1.54, 1.807) is 0 Å². The van der Waals surface area contributed by atoms with Crippen molar-refractivity contribution in [2.45, 2.75) is 66.4 Å². The molecule has 0 aromatic heterocycles. The Morgan fingerprint density at radius 3 is 2.06 bits per heavy atom. The van der Waals surface area contributed by atoms with Crippen molar-refractivity contribution >= 4 is 5.97 Å². The summed E-state index contributed by atoms with van der Waals surface area (Å²) < 4.78 is 5.80. The van der Waals surface area contributed by atoms with Gasteiger partial charge in [-0.25, -0.2) is 0 Å². The molecule has 17 heavy (non-hydrogen) atoms. The molecule has 0 amide bonds. The summed E-state index contributed by atoms with van der Waals surface area (Å²) in [6, 6.07) is 0. The van der Waals surface area contributed by atoms with Crippen molar-refractivity contribution in [3.63, 3.8) is 0 Å². The van der Waals surface area contributed by atoms with E-state index in [-0.39, 0.29) is 28.8 Å². The number of hydrogen-bond donors (Lipinski definition) is 0. The third kappa shape index (κ3) is 1.90. The van der Waals surface area contributed by atoms with Gasteiger partial charge in [-0.15, -0.1) is 0 Å². The van der Waals surface area contributed by atoms with Crippen LogP contribution in [-0.4, -0.2) is 12.1 Å². The molecule has 2 heteroatoms. The number of carbonyl (C=O) groups is 1. The molecule has 2 nitrogen and oxygen atoms in total. The molecule has 0 heterocycles. The normalized spacial score (nSPS) is 35.4. The van der Waals surface area contributed by atoms with Gasteiger partial charge in [0.15, 0.2) is 0 Å². The van der Waals surface area contributed by atoms with Crippen molar-refractivity contribution in [3.8, 4) is 0 Å². The lowest BCUT2D eigenvalue weighted by atomic mass is 9.67. The summed E-state index contributed by atoms with van der Waals surface area (Å²) in [6.07, 6.45) is 4.37. The molecule has 0 spiro atoms. The van der Waals surface area contributed by atoms with E-state index in [2.05, 4.69) is 34.6 Å². The fourth-order valence-corrected chi connectivity index (χ4v) is 3.04. The fraction of sp³-hybridized carbons (Fsp3) is 0.933. The largest absolute Gasteiger partial charge is 0.462 e. The van der Waals surface area contributed by atoms with E-state index in [1.807, 2.05) is 0 Å². The van der Waals surface area contributed by atoms with E-state index in [0.717, 1.165) is 19.3 Å². The molecule has 0 N–H and O–H groups in total. The maximum atomic E-state index is 12.0. The second kappa shape index (κ2) is 4.00. The van der Waals surface area contributed by atoms with Crippen LogP contribution in [0.5, 0.6) is 0 Å². The van der Waals surface area contributed by atoms with Crippen LogP contribution in [0.4, 0.5) is 0 Å². The molecule has 98 valence electrons. The zero-order valence-corrected chi connectivity index (χ0v) is 11.9.